The average Bonchev–Trinajstić information content (AvgIpc) is 2.77. The first-order valence-electron chi connectivity index (χ1n) is 6.64. The van der Waals surface area contributed by atoms with E-state index in [1.54, 1.807) is 0 Å². The number of alkyl halides is 3. The van der Waals surface area contributed by atoms with Gasteiger partial charge in [0.05, 0.1) is 17.7 Å². The number of aliphatic carboxylic acids is 1. The van der Waals surface area contributed by atoms with Crippen LogP contribution in [0.25, 0.3) is 5.65 Å². The Morgan fingerprint density at radius 3 is 2.57 bits per heavy atom. The van der Waals surface area contributed by atoms with Crippen molar-refractivity contribution in [3.05, 3.63) is 35.3 Å². The second kappa shape index (κ2) is 5.90. The minimum absolute atomic E-state index is 0.0148. The van der Waals surface area contributed by atoms with Crippen molar-refractivity contribution in [2.24, 2.45) is 0 Å². The van der Waals surface area contributed by atoms with Crippen LogP contribution in [0.1, 0.15) is 28.2 Å². The molecule has 0 unspecified atom stereocenters. The molecule has 0 aliphatic rings. The zero-order valence-corrected chi connectivity index (χ0v) is 12.4. The lowest BCUT2D eigenvalue weighted by Crippen LogP contribution is -2.30. The van der Waals surface area contributed by atoms with E-state index in [0.717, 1.165) is 21.6 Å². The quantitative estimate of drug-likeness (QED) is 0.933. The molecule has 23 heavy (non-hydrogen) atoms. The van der Waals surface area contributed by atoms with Gasteiger partial charge in [0.15, 0.2) is 0 Å². The Balaban J connectivity index is 2.44. The van der Waals surface area contributed by atoms with Gasteiger partial charge in [-0.15, -0.1) is 0 Å². The molecule has 2 aromatic heterocycles. The minimum atomic E-state index is -4.54. The Bertz CT molecular complexity index is 768. The third-order valence-corrected chi connectivity index (χ3v) is 3.33. The molecule has 6 nitrogen and oxygen atoms in total. The Hall–Kier alpha value is -2.58. The van der Waals surface area contributed by atoms with E-state index in [2.05, 4.69) is 4.98 Å². The number of hydrogen-bond acceptors (Lipinski definition) is 3. The summed E-state index contributed by atoms with van der Waals surface area (Å²) in [6.45, 7) is 1.46. The summed E-state index contributed by atoms with van der Waals surface area (Å²) in [5, 5.41) is 8.65. The van der Waals surface area contributed by atoms with Crippen LogP contribution in [-0.4, -0.2) is 44.9 Å². The third-order valence-electron chi connectivity index (χ3n) is 3.33. The van der Waals surface area contributed by atoms with Crippen molar-refractivity contribution in [3.63, 3.8) is 0 Å². The van der Waals surface area contributed by atoms with E-state index in [-0.39, 0.29) is 30.0 Å². The van der Waals surface area contributed by atoms with Crippen LogP contribution >= 0.6 is 0 Å². The molecule has 0 spiro atoms. The number of amides is 1. The molecule has 9 heteroatoms. The summed E-state index contributed by atoms with van der Waals surface area (Å²) in [5.74, 6) is -1.66. The standard InChI is InChI=1S/C14H14F3N3O3/c1-8-12(13(23)19(2)6-5-11(21)22)20-7-9(14(15,16)17)3-4-10(20)18-8/h3-4,7H,5-6H2,1-2H3,(H,21,22). The molecule has 1 N–H and O–H groups in total. The maximum atomic E-state index is 12.8. The molecule has 124 valence electrons. The SMILES string of the molecule is Cc1nc2ccc(C(F)(F)F)cn2c1C(=O)N(C)CCC(=O)O. The van der Waals surface area contributed by atoms with Crippen molar-refractivity contribution >= 4 is 17.5 Å². The highest BCUT2D eigenvalue weighted by molar-refractivity contribution is 5.94. The largest absolute Gasteiger partial charge is 0.481 e. The first kappa shape index (κ1) is 16.8. The maximum Gasteiger partial charge on any atom is 0.417 e. The van der Waals surface area contributed by atoms with Crippen LogP contribution in [0.2, 0.25) is 0 Å². The van der Waals surface area contributed by atoms with Crippen molar-refractivity contribution in [1.82, 2.24) is 14.3 Å². The Labute approximate surface area is 129 Å². The fraction of sp³-hybridized carbons (Fsp3) is 0.357. The molecule has 0 fully saturated rings. The summed E-state index contributed by atoms with van der Waals surface area (Å²) in [7, 11) is 1.39. The number of aromatic nitrogens is 2. The van der Waals surface area contributed by atoms with Gasteiger partial charge >= 0.3 is 12.1 Å². The molecule has 0 saturated heterocycles. The van der Waals surface area contributed by atoms with Crippen molar-refractivity contribution < 1.29 is 27.9 Å². The van der Waals surface area contributed by atoms with Crippen molar-refractivity contribution in [3.8, 4) is 0 Å². The topological polar surface area (TPSA) is 74.9 Å². The van der Waals surface area contributed by atoms with Crippen LogP contribution < -0.4 is 0 Å². The smallest absolute Gasteiger partial charge is 0.417 e. The predicted molar refractivity (Wildman–Crippen MR) is 74.1 cm³/mol. The highest BCUT2D eigenvalue weighted by atomic mass is 19.4. The molecule has 0 aliphatic carbocycles. The van der Waals surface area contributed by atoms with Gasteiger partial charge in [0.2, 0.25) is 0 Å². The van der Waals surface area contributed by atoms with Gasteiger partial charge in [-0.05, 0) is 19.1 Å². The number of carbonyl (C=O) groups is 2. The molecule has 1 amide bonds. The Morgan fingerprint density at radius 2 is 2.00 bits per heavy atom. The van der Waals surface area contributed by atoms with Crippen LogP contribution in [-0.2, 0) is 11.0 Å². The van der Waals surface area contributed by atoms with E-state index < -0.39 is 23.6 Å². The lowest BCUT2D eigenvalue weighted by Gasteiger charge is -2.16. The molecule has 0 aromatic carbocycles. The monoisotopic (exact) mass is 329 g/mol. The summed E-state index contributed by atoms with van der Waals surface area (Å²) in [4.78, 5) is 28.2. The van der Waals surface area contributed by atoms with E-state index in [0.29, 0.717) is 0 Å². The van der Waals surface area contributed by atoms with Gasteiger partial charge in [0, 0.05) is 19.8 Å². The summed E-state index contributed by atoms with van der Waals surface area (Å²) in [6.07, 6.45) is -3.98. The van der Waals surface area contributed by atoms with Crippen LogP contribution in [0, 0.1) is 6.92 Å². The fourth-order valence-corrected chi connectivity index (χ4v) is 2.13. The summed E-state index contributed by atoms with van der Waals surface area (Å²) in [5.41, 5.74) is -0.425. The van der Waals surface area contributed by atoms with Gasteiger partial charge in [-0.25, -0.2) is 4.98 Å². The van der Waals surface area contributed by atoms with E-state index in [4.69, 9.17) is 5.11 Å². The normalized spacial score (nSPS) is 11.7. The summed E-state index contributed by atoms with van der Waals surface area (Å²) < 4.78 is 39.6. The predicted octanol–water partition coefficient (Wildman–Crippen LogP) is 2.21. The van der Waals surface area contributed by atoms with Crippen LogP contribution in [0.5, 0.6) is 0 Å². The van der Waals surface area contributed by atoms with Gasteiger partial charge in [-0.2, -0.15) is 13.2 Å². The number of hydrogen-bond donors (Lipinski definition) is 1. The molecule has 2 rings (SSSR count). The van der Waals surface area contributed by atoms with Crippen molar-refractivity contribution in [2.75, 3.05) is 13.6 Å². The van der Waals surface area contributed by atoms with Crippen molar-refractivity contribution in [1.29, 1.82) is 0 Å². The molecular formula is C14H14F3N3O3. The molecule has 0 aliphatic heterocycles. The van der Waals surface area contributed by atoms with E-state index in [1.165, 1.54) is 20.0 Å². The highest BCUT2D eigenvalue weighted by Crippen LogP contribution is 2.30. The molecule has 0 radical (unpaired) electrons. The summed E-state index contributed by atoms with van der Waals surface area (Å²) >= 11 is 0. The van der Waals surface area contributed by atoms with Gasteiger partial charge in [0.1, 0.15) is 11.3 Å². The Morgan fingerprint density at radius 1 is 1.35 bits per heavy atom. The zero-order valence-electron chi connectivity index (χ0n) is 12.4. The number of fused-ring (bicyclic) bond motifs is 1. The van der Waals surface area contributed by atoms with Crippen molar-refractivity contribution in [2.45, 2.75) is 19.5 Å². The maximum absolute atomic E-state index is 12.8. The zero-order chi connectivity index (χ0) is 17.4. The number of imidazole rings is 1. The number of nitrogens with zero attached hydrogens (tertiary/aromatic N) is 3. The molecule has 2 aromatic rings. The number of carboxylic acids is 1. The number of halogens is 3. The highest BCUT2D eigenvalue weighted by Gasteiger charge is 2.32. The van der Waals surface area contributed by atoms with Gasteiger partial charge in [0.25, 0.3) is 5.91 Å². The van der Waals surface area contributed by atoms with Crippen LogP contribution in [0.3, 0.4) is 0 Å². The summed E-state index contributed by atoms with van der Waals surface area (Å²) in [6, 6.07) is 2.08. The lowest BCUT2D eigenvalue weighted by atomic mass is 10.2. The average molecular weight is 329 g/mol. The molecular weight excluding hydrogens is 315 g/mol. The third kappa shape index (κ3) is 3.43. The van der Waals surface area contributed by atoms with E-state index in [1.807, 2.05) is 0 Å². The second-order valence-electron chi connectivity index (χ2n) is 5.06. The van der Waals surface area contributed by atoms with E-state index in [9.17, 15) is 22.8 Å². The van der Waals surface area contributed by atoms with Gasteiger partial charge in [-0.3, -0.25) is 14.0 Å². The number of carboxylic acid groups (broad SMARTS) is 1. The van der Waals surface area contributed by atoms with E-state index >= 15 is 0 Å². The van der Waals surface area contributed by atoms with Gasteiger partial charge in [-0.1, -0.05) is 0 Å². The molecule has 0 saturated carbocycles. The van der Waals surface area contributed by atoms with Crippen LogP contribution in [0.4, 0.5) is 13.2 Å². The van der Waals surface area contributed by atoms with Gasteiger partial charge < -0.3 is 10.0 Å². The molecule has 2 heterocycles. The van der Waals surface area contributed by atoms with Crippen LogP contribution in [0.15, 0.2) is 18.3 Å². The minimum Gasteiger partial charge on any atom is -0.481 e. The molecule has 0 bridgehead atoms. The second-order valence-corrected chi connectivity index (χ2v) is 5.06. The first-order chi connectivity index (χ1) is 10.6. The lowest BCUT2D eigenvalue weighted by molar-refractivity contribution is -0.138. The fourth-order valence-electron chi connectivity index (χ4n) is 2.13. The Kier molecular flexibility index (Phi) is 4.31. The number of pyridine rings is 1. The number of carbonyl (C=O) groups excluding carboxylic acids is 1. The number of aryl methyl sites for hydroxylation is 1. The number of rotatable bonds is 4. The molecule has 0 atom stereocenters. The first-order valence-corrected chi connectivity index (χ1v) is 6.64.